The van der Waals surface area contributed by atoms with Gasteiger partial charge in [-0.3, -0.25) is 9.78 Å². The molecular formula is C29H28FN5OS. The fourth-order valence-electron chi connectivity index (χ4n) is 4.83. The van der Waals surface area contributed by atoms with E-state index in [2.05, 4.69) is 27.4 Å². The number of thiocarbonyl (C=S) groups is 1. The molecule has 3 heterocycles. The zero-order chi connectivity index (χ0) is 25.8. The van der Waals surface area contributed by atoms with Gasteiger partial charge in [0, 0.05) is 42.4 Å². The quantitative estimate of drug-likeness (QED) is 0.302. The van der Waals surface area contributed by atoms with Crippen molar-refractivity contribution in [1.82, 2.24) is 19.8 Å². The lowest BCUT2D eigenvalue weighted by Gasteiger charge is -2.29. The van der Waals surface area contributed by atoms with Crippen molar-refractivity contribution in [2.45, 2.75) is 31.8 Å². The summed E-state index contributed by atoms with van der Waals surface area (Å²) in [7, 11) is 0. The van der Waals surface area contributed by atoms with Crippen molar-refractivity contribution in [2.75, 3.05) is 11.9 Å². The first-order valence-corrected chi connectivity index (χ1v) is 12.7. The molecule has 0 bridgehead atoms. The fourth-order valence-corrected chi connectivity index (χ4v) is 5.16. The van der Waals surface area contributed by atoms with Gasteiger partial charge < -0.3 is 20.1 Å². The van der Waals surface area contributed by atoms with E-state index in [4.69, 9.17) is 12.2 Å². The maximum atomic E-state index is 13.6. The van der Waals surface area contributed by atoms with Crippen LogP contribution in [0.2, 0.25) is 0 Å². The molecule has 0 radical (unpaired) electrons. The van der Waals surface area contributed by atoms with E-state index in [1.165, 1.54) is 12.1 Å². The summed E-state index contributed by atoms with van der Waals surface area (Å²) in [5.41, 5.74) is 4.59. The molecule has 0 spiro atoms. The van der Waals surface area contributed by atoms with Crippen LogP contribution in [0.5, 0.6) is 0 Å². The summed E-state index contributed by atoms with van der Waals surface area (Å²) in [6, 6.07) is 23.6. The molecule has 8 heteroatoms. The number of aromatic nitrogens is 2. The van der Waals surface area contributed by atoms with Crippen molar-refractivity contribution in [1.29, 1.82) is 0 Å². The summed E-state index contributed by atoms with van der Waals surface area (Å²) in [6.45, 7) is 2.49. The van der Waals surface area contributed by atoms with Gasteiger partial charge in [-0.15, -0.1) is 0 Å². The van der Waals surface area contributed by atoms with Crippen LogP contribution in [0.25, 0.3) is 5.69 Å². The molecule has 2 N–H and O–H groups in total. The van der Waals surface area contributed by atoms with Gasteiger partial charge in [0.25, 0.3) is 0 Å². The summed E-state index contributed by atoms with van der Waals surface area (Å²) in [6.07, 6.45) is 4.82. The van der Waals surface area contributed by atoms with Gasteiger partial charge in [-0.25, -0.2) is 4.39 Å². The first-order chi connectivity index (χ1) is 18.0. The van der Waals surface area contributed by atoms with E-state index in [1.807, 2.05) is 65.4 Å². The number of carbonyl (C=O) groups excluding carboxylic acids is 1. The van der Waals surface area contributed by atoms with Gasteiger partial charge in [-0.05, 0) is 78.8 Å². The van der Waals surface area contributed by atoms with Crippen molar-refractivity contribution in [3.8, 4) is 5.69 Å². The molecule has 6 nitrogen and oxygen atoms in total. The maximum Gasteiger partial charge on any atom is 0.226 e. The van der Waals surface area contributed by atoms with Crippen LogP contribution in [0, 0.1) is 5.82 Å². The predicted octanol–water partition coefficient (Wildman–Crippen LogP) is 5.58. The third-order valence-electron chi connectivity index (χ3n) is 6.64. The molecule has 2 aromatic carbocycles. The number of hydrogen-bond donors (Lipinski definition) is 2. The number of nitrogens with one attached hydrogen (secondary N) is 2. The molecule has 0 unspecified atom stereocenters. The van der Waals surface area contributed by atoms with Crippen LogP contribution < -0.4 is 10.6 Å². The highest BCUT2D eigenvalue weighted by Gasteiger charge is 2.41. The molecule has 2 atom stereocenters. The molecule has 5 rings (SSSR count). The zero-order valence-corrected chi connectivity index (χ0v) is 21.3. The number of aryl methyl sites for hydroxylation is 1. The number of amides is 1. The zero-order valence-electron chi connectivity index (χ0n) is 20.5. The second-order valence-electron chi connectivity index (χ2n) is 8.91. The Morgan fingerprint density at radius 2 is 1.84 bits per heavy atom. The molecule has 1 saturated heterocycles. The number of carbonyl (C=O) groups is 1. The summed E-state index contributed by atoms with van der Waals surface area (Å²) in [4.78, 5) is 19.6. The Balaban J connectivity index is 1.43. The van der Waals surface area contributed by atoms with Crippen LogP contribution in [0.3, 0.4) is 0 Å². The highest BCUT2D eigenvalue weighted by atomic mass is 32.1. The van der Waals surface area contributed by atoms with Gasteiger partial charge in [0.15, 0.2) is 5.11 Å². The van der Waals surface area contributed by atoms with Crippen molar-refractivity contribution < 1.29 is 9.18 Å². The van der Waals surface area contributed by atoms with Crippen molar-refractivity contribution in [2.24, 2.45) is 0 Å². The Labute approximate surface area is 221 Å². The Hall–Kier alpha value is -4.04. The normalized spacial score (nSPS) is 17.0. The molecule has 1 aliphatic rings. The number of nitrogens with zero attached hydrogens (tertiary/aromatic N) is 3. The smallest absolute Gasteiger partial charge is 0.226 e. The van der Waals surface area contributed by atoms with Crippen LogP contribution in [0.15, 0.2) is 91.3 Å². The lowest BCUT2D eigenvalue weighted by molar-refractivity contribution is -0.116. The number of anilines is 1. The van der Waals surface area contributed by atoms with Crippen LogP contribution in [-0.2, 0) is 11.2 Å². The minimum atomic E-state index is -0.287. The van der Waals surface area contributed by atoms with Crippen LogP contribution in [-0.4, -0.2) is 32.0 Å². The number of pyridine rings is 1. The van der Waals surface area contributed by atoms with Crippen molar-refractivity contribution in [3.05, 3.63) is 114 Å². The average Bonchev–Trinajstić information content (AvgIpc) is 3.53. The highest BCUT2D eigenvalue weighted by molar-refractivity contribution is 7.80. The molecule has 2 aromatic heterocycles. The van der Waals surface area contributed by atoms with Gasteiger partial charge in [0.1, 0.15) is 5.82 Å². The second kappa shape index (κ2) is 10.9. The van der Waals surface area contributed by atoms with E-state index in [9.17, 15) is 9.18 Å². The minimum absolute atomic E-state index is 0.0716. The van der Waals surface area contributed by atoms with Gasteiger partial charge >= 0.3 is 0 Å². The molecule has 37 heavy (non-hydrogen) atoms. The summed E-state index contributed by atoms with van der Waals surface area (Å²) < 4.78 is 15.6. The van der Waals surface area contributed by atoms with Gasteiger partial charge in [0.2, 0.25) is 5.91 Å². The average molecular weight is 514 g/mol. The molecule has 4 aromatic rings. The SMILES string of the molecule is CCc1ccccc1NC(=O)CCN1C(=S)N[C@H](c2ccccn2)[C@@H]1c1cccn1-c1ccc(F)cc1. The van der Waals surface area contributed by atoms with Crippen LogP contribution in [0.1, 0.15) is 42.4 Å². The number of rotatable bonds is 8. The van der Waals surface area contributed by atoms with E-state index in [0.29, 0.717) is 11.7 Å². The Kier molecular flexibility index (Phi) is 7.28. The van der Waals surface area contributed by atoms with E-state index in [0.717, 1.165) is 34.7 Å². The van der Waals surface area contributed by atoms with Gasteiger partial charge in [-0.2, -0.15) is 0 Å². The van der Waals surface area contributed by atoms with E-state index < -0.39 is 0 Å². The number of hydrogen-bond acceptors (Lipinski definition) is 3. The largest absolute Gasteiger partial charge is 0.352 e. The Morgan fingerprint density at radius 3 is 2.59 bits per heavy atom. The van der Waals surface area contributed by atoms with Gasteiger partial charge in [-0.1, -0.05) is 31.2 Å². The predicted molar refractivity (Wildman–Crippen MR) is 147 cm³/mol. The van der Waals surface area contributed by atoms with Crippen molar-refractivity contribution >= 4 is 28.9 Å². The fraction of sp³-hybridized carbons (Fsp3) is 0.207. The topological polar surface area (TPSA) is 62.2 Å². The highest BCUT2D eigenvalue weighted by Crippen LogP contribution is 2.39. The monoisotopic (exact) mass is 513 g/mol. The molecule has 1 aliphatic heterocycles. The Bertz CT molecular complexity index is 1390. The molecule has 1 fully saturated rings. The Morgan fingerprint density at radius 1 is 1.05 bits per heavy atom. The van der Waals surface area contributed by atoms with E-state index in [1.54, 1.807) is 18.3 Å². The maximum absolute atomic E-state index is 13.6. The first-order valence-electron chi connectivity index (χ1n) is 12.3. The summed E-state index contributed by atoms with van der Waals surface area (Å²) >= 11 is 5.76. The van der Waals surface area contributed by atoms with E-state index in [-0.39, 0.29) is 30.2 Å². The second-order valence-corrected chi connectivity index (χ2v) is 9.30. The molecule has 0 aliphatic carbocycles. The lowest BCUT2D eigenvalue weighted by atomic mass is 10.0. The number of benzene rings is 2. The van der Waals surface area contributed by atoms with Gasteiger partial charge in [0.05, 0.1) is 17.8 Å². The third kappa shape index (κ3) is 5.24. The van der Waals surface area contributed by atoms with Crippen LogP contribution in [0.4, 0.5) is 10.1 Å². The number of para-hydroxylation sites is 1. The molecule has 1 amide bonds. The lowest BCUT2D eigenvalue weighted by Crippen LogP contribution is -2.33. The molecular weight excluding hydrogens is 485 g/mol. The summed E-state index contributed by atoms with van der Waals surface area (Å²) in [5.74, 6) is -0.359. The minimum Gasteiger partial charge on any atom is -0.352 e. The number of halogens is 1. The standard InChI is InChI=1S/C29H28FN5OS/c1-2-20-8-3-4-9-23(20)32-26(36)16-19-35-28(27(33-29(35)37)24-10-5-6-17-31-24)25-11-7-18-34(25)22-14-12-21(30)13-15-22/h3-15,17-18,27-28H,2,16,19H2,1H3,(H,32,36)(H,33,37)/t27-,28+/m1/s1. The van der Waals surface area contributed by atoms with E-state index >= 15 is 0 Å². The van der Waals surface area contributed by atoms with Crippen molar-refractivity contribution in [3.63, 3.8) is 0 Å². The van der Waals surface area contributed by atoms with Crippen LogP contribution >= 0.6 is 12.2 Å². The third-order valence-corrected chi connectivity index (χ3v) is 6.99. The first kappa shape index (κ1) is 24.6. The molecule has 0 saturated carbocycles. The molecule has 188 valence electrons. The summed E-state index contributed by atoms with van der Waals surface area (Å²) in [5, 5.41) is 7.04.